The number of H-pyrrole nitrogens is 1. The first-order valence-electron chi connectivity index (χ1n) is 14.3. The van der Waals surface area contributed by atoms with Gasteiger partial charge < -0.3 is 20.5 Å². The normalized spacial score (nSPS) is 14.3. The fourth-order valence-electron chi connectivity index (χ4n) is 5.60. The molecule has 222 valence electrons. The van der Waals surface area contributed by atoms with E-state index in [-0.39, 0.29) is 35.4 Å². The lowest BCUT2D eigenvalue weighted by atomic mass is 9.89. The molecule has 4 aromatic rings. The fourth-order valence-corrected chi connectivity index (χ4v) is 5.72. The highest BCUT2D eigenvalue weighted by Crippen LogP contribution is 2.24. The van der Waals surface area contributed by atoms with E-state index in [2.05, 4.69) is 20.6 Å². The Morgan fingerprint density at radius 2 is 1.74 bits per heavy atom. The topological polar surface area (TPSA) is 124 Å². The van der Waals surface area contributed by atoms with Crippen molar-refractivity contribution in [1.29, 1.82) is 0 Å². The van der Waals surface area contributed by atoms with Crippen molar-refractivity contribution in [1.82, 2.24) is 25.5 Å². The van der Waals surface area contributed by atoms with E-state index in [9.17, 15) is 19.2 Å². The molecule has 1 aliphatic heterocycles. The summed E-state index contributed by atoms with van der Waals surface area (Å²) in [7, 11) is 1.55. The number of nitrogens with one attached hydrogen (secondary N) is 3. The second-order valence-corrected chi connectivity index (χ2v) is 11.4. The van der Waals surface area contributed by atoms with Crippen LogP contribution in [0.5, 0.6) is 0 Å². The largest absolute Gasteiger partial charge is 0.357 e. The van der Waals surface area contributed by atoms with E-state index >= 15 is 0 Å². The summed E-state index contributed by atoms with van der Waals surface area (Å²) in [5.74, 6) is -0.465. The van der Waals surface area contributed by atoms with Crippen molar-refractivity contribution in [3.63, 3.8) is 0 Å². The number of nitrogens with zero attached hydrogens (tertiary/aromatic N) is 2. The van der Waals surface area contributed by atoms with Gasteiger partial charge in [0.2, 0.25) is 17.4 Å². The molecule has 1 saturated heterocycles. The molecule has 5 rings (SSSR count). The molecule has 1 aliphatic rings. The van der Waals surface area contributed by atoms with Crippen molar-refractivity contribution in [2.45, 2.75) is 38.6 Å². The number of carbonyl (C=O) groups excluding carboxylic acids is 3. The molecule has 0 bridgehead atoms. The van der Waals surface area contributed by atoms with Crippen LogP contribution in [-0.4, -0.2) is 58.8 Å². The number of hydrogen-bond acceptors (Lipinski definition) is 5. The van der Waals surface area contributed by atoms with Gasteiger partial charge in [0.1, 0.15) is 11.7 Å². The molecule has 43 heavy (non-hydrogen) atoms. The Bertz CT molecular complexity index is 1690. The second kappa shape index (κ2) is 13.2. The van der Waals surface area contributed by atoms with Crippen molar-refractivity contribution < 1.29 is 14.4 Å². The van der Waals surface area contributed by atoms with E-state index in [4.69, 9.17) is 11.6 Å². The Hall–Kier alpha value is -4.50. The molecular formula is C33H34ClN5O4. The highest BCUT2D eigenvalue weighted by Gasteiger charge is 2.29. The average Bonchev–Trinajstić information content (AvgIpc) is 3.01. The predicted molar refractivity (Wildman–Crippen MR) is 167 cm³/mol. The zero-order chi connectivity index (χ0) is 30.5. The van der Waals surface area contributed by atoms with Crippen LogP contribution in [-0.2, 0) is 16.0 Å². The van der Waals surface area contributed by atoms with Gasteiger partial charge in [0.05, 0.1) is 6.42 Å². The maximum absolute atomic E-state index is 13.1. The number of fused-ring (bicyclic) bond motifs is 1. The highest BCUT2D eigenvalue weighted by molar-refractivity contribution is 6.30. The molecular weight excluding hydrogens is 566 g/mol. The van der Waals surface area contributed by atoms with Gasteiger partial charge in [-0.15, -0.1) is 0 Å². The Morgan fingerprint density at radius 3 is 2.42 bits per heavy atom. The van der Waals surface area contributed by atoms with Crippen molar-refractivity contribution in [2.24, 2.45) is 5.92 Å². The van der Waals surface area contributed by atoms with Gasteiger partial charge in [-0.25, -0.2) is 0 Å². The molecule has 0 spiro atoms. The first-order valence-corrected chi connectivity index (χ1v) is 14.7. The van der Waals surface area contributed by atoms with Gasteiger partial charge in [-0.2, -0.15) is 0 Å². The molecule has 1 unspecified atom stereocenters. The summed E-state index contributed by atoms with van der Waals surface area (Å²) < 4.78 is 0. The molecule has 0 radical (unpaired) electrons. The Labute approximate surface area is 254 Å². The number of carbonyl (C=O) groups is 3. The average molecular weight is 600 g/mol. The van der Waals surface area contributed by atoms with Crippen molar-refractivity contribution in [3.8, 4) is 11.1 Å². The molecule has 2 aromatic heterocycles. The first-order chi connectivity index (χ1) is 20.7. The zero-order valence-corrected chi connectivity index (χ0v) is 24.9. The van der Waals surface area contributed by atoms with E-state index in [1.54, 1.807) is 37.5 Å². The Kier molecular flexibility index (Phi) is 9.21. The van der Waals surface area contributed by atoms with Gasteiger partial charge in [0.15, 0.2) is 0 Å². The number of piperidine rings is 1. The van der Waals surface area contributed by atoms with Gasteiger partial charge in [0.25, 0.3) is 5.91 Å². The lowest BCUT2D eigenvalue weighted by Gasteiger charge is -2.33. The van der Waals surface area contributed by atoms with Crippen LogP contribution < -0.4 is 16.2 Å². The number of pyridine rings is 2. The molecule has 9 nitrogen and oxygen atoms in total. The number of rotatable bonds is 8. The van der Waals surface area contributed by atoms with E-state index in [0.29, 0.717) is 24.5 Å². The number of likely N-dealkylation sites (N-methyl/N-ethyl adjacent to an activating group) is 1. The van der Waals surface area contributed by atoms with E-state index in [1.165, 1.54) is 0 Å². The van der Waals surface area contributed by atoms with Gasteiger partial charge in [-0.3, -0.25) is 24.2 Å². The van der Waals surface area contributed by atoms with Crippen LogP contribution in [0.1, 0.15) is 40.9 Å². The summed E-state index contributed by atoms with van der Waals surface area (Å²) in [6.45, 7) is 3.06. The summed E-state index contributed by atoms with van der Waals surface area (Å²) in [4.78, 5) is 59.5. The van der Waals surface area contributed by atoms with Crippen LogP contribution in [0.25, 0.3) is 22.0 Å². The third-order valence-corrected chi connectivity index (χ3v) is 8.30. The first kappa shape index (κ1) is 30.0. The third kappa shape index (κ3) is 7.29. The van der Waals surface area contributed by atoms with Gasteiger partial charge in [0, 0.05) is 53.9 Å². The molecule has 1 fully saturated rings. The number of benzene rings is 2. The van der Waals surface area contributed by atoms with Crippen LogP contribution in [0.2, 0.25) is 5.02 Å². The minimum atomic E-state index is -0.713. The second-order valence-electron chi connectivity index (χ2n) is 11.0. The summed E-state index contributed by atoms with van der Waals surface area (Å²) >= 11 is 5.97. The molecule has 3 amide bonds. The zero-order valence-electron chi connectivity index (χ0n) is 24.2. The number of hydrogen-bond donors (Lipinski definition) is 3. The maximum atomic E-state index is 13.1. The lowest BCUT2D eigenvalue weighted by Crippen LogP contribution is -2.48. The van der Waals surface area contributed by atoms with Crippen molar-refractivity contribution >= 4 is 40.2 Å². The van der Waals surface area contributed by atoms with Crippen molar-refractivity contribution in [3.05, 3.63) is 99.1 Å². The SMILES string of the molecule is CNC(=O)C(CC1CCN(C(=O)Cc2ccc3[nH]c(=O)cc(C)c3c2)CC1)NC(=O)c1ccc(-c2ccc(Cl)cc2)cn1. The van der Waals surface area contributed by atoms with Crippen LogP contribution in [0.4, 0.5) is 0 Å². The molecule has 2 aromatic carbocycles. The van der Waals surface area contributed by atoms with E-state index in [1.807, 2.05) is 48.2 Å². The highest BCUT2D eigenvalue weighted by atomic mass is 35.5. The van der Waals surface area contributed by atoms with E-state index < -0.39 is 11.9 Å². The van der Waals surface area contributed by atoms with Crippen LogP contribution >= 0.6 is 11.6 Å². The van der Waals surface area contributed by atoms with Crippen molar-refractivity contribution in [2.75, 3.05) is 20.1 Å². The Morgan fingerprint density at radius 1 is 1.02 bits per heavy atom. The molecule has 0 saturated carbocycles. The molecule has 1 atom stereocenters. The summed E-state index contributed by atoms with van der Waals surface area (Å²) in [6, 6.07) is 17.3. The van der Waals surface area contributed by atoms with Crippen LogP contribution in [0.15, 0.2) is 71.7 Å². The standard InChI is InChI=1S/C33H34ClN5O4/c1-20-15-30(40)37-27-9-3-22(16-26(20)27)18-31(41)39-13-11-21(12-14-39)17-29(32(42)35-2)38-33(43)28-10-6-24(19-36-28)23-4-7-25(34)8-5-23/h3-10,15-16,19,21,29H,11-14,17-18H2,1-2H3,(H,35,42)(H,37,40)(H,38,43). The van der Waals surface area contributed by atoms with Gasteiger partial charge in [-0.1, -0.05) is 35.9 Å². The molecule has 0 aliphatic carbocycles. The minimum Gasteiger partial charge on any atom is -0.357 e. The lowest BCUT2D eigenvalue weighted by molar-refractivity contribution is -0.132. The summed E-state index contributed by atoms with van der Waals surface area (Å²) in [5.41, 5.74) is 4.39. The number of aromatic nitrogens is 2. The quantitative estimate of drug-likeness (QED) is 0.279. The molecule has 10 heteroatoms. The number of aromatic amines is 1. The number of halogens is 1. The minimum absolute atomic E-state index is 0.0455. The van der Waals surface area contributed by atoms with Gasteiger partial charge >= 0.3 is 0 Å². The maximum Gasteiger partial charge on any atom is 0.270 e. The molecule has 3 N–H and O–H groups in total. The van der Waals surface area contributed by atoms with Gasteiger partial charge in [-0.05, 0) is 79.1 Å². The molecule has 3 heterocycles. The number of aryl methyl sites for hydroxylation is 1. The smallest absolute Gasteiger partial charge is 0.270 e. The number of amides is 3. The fraction of sp³-hybridized carbons (Fsp3) is 0.303. The Balaban J connectivity index is 1.15. The third-order valence-electron chi connectivity index (χ3n) is 8.05. The summed E-state index contributed by atoms with van der Waals surface area (Å²) in [5, 5.41) is 7.07. The summed E-state index contributed by atoms with van der Waals surface area (Å²) in [6.07, 6.45) is 3.85. The number of likely N-dealkylation sites (tertiary alicyclic amines) is 1. The van der Waals surface area contributed by atoms with Crippen LogP contribution in [0.3, 0.4) is 0 Å². The van der Waals surface area contributed by atoms with E-state index in [0.717, 1.165) is 46.0 Å². The predicted octanol–water partition coefficient (Wildman–Crippen LogP) is 4.27. The van der Waals surface area contributed by atoms with Crippen LogP contribution in [0, 0.1) is 12.8 Å². The monoisotopic (exact) mass is 599 g/mol.